The van der Waals surface area contributed by atoms with Crippen LogP contribution in [0.25, 0.3) is 0 Å². The number of ether oxygens (including phenoxy) is 3. The van der Waals surface area contributed by atoms with Crippen LogP contribution in [0.4, 0.5) is 5.69 Å². The van der Waals surface area contributed by atoms with Crippen LogP contribution in [-0.4, -0.2) is 24.6 Å². The molecule has 7 nitrogen and oxygen atoms in total. The highest BCUT2D eigenvalue weighted by Crippen LogP contribution is 2.35. The number of carbonyl (C=O) groups is 2. The highest BCUT2D eigenvalue weighted by molar-refractivity contribution is 6.00. The summed E-state index contributed by atoms with van der Waals surface area (Å²) in [4.78, 5) is 24.7. The van der Waals surface area contributed by atoms with E-state index in [2.05, 4.69) is 10.6 Å². The van der Waals surface area contributed by atoms with Crippen molar-refractivity contribution < 1.29 is 23.8 Å². The first-order valence-corrected chi connectivity index (χ1v) is 9.86. The molecule has 1 aliphatic heterocycles. The number of hydrogen-bond acceptors (Lipinski definition) is 5. The van der Waals surface area contributed by atoms with Crippen molar-refractivity contribution in [2.24, 2.45) is 0 Å². The van der Waals surface area contributed by atoms with Gasteiger partial charge in [-0.2, -0.15) is 0 Å². The third-order valence-corrected chi connectivity index (χ3v) is 4.72. The van der Waals surface area contributed by atoms with E-state index in [4.69, 9.17) is 14.2 Å². The smallest absolute Gasteiger partial charge is 0.251 e. The summed E-state index contributed by atoms with van der Waals surface area (Å²) < 4.78 is 16.5. The highest BCUT2D eigenvalue weighted by Gasteiger charge is 2.17. The van der Waals surface area contributed by atoms with Crippen molar-refractivity contribution in [3.05, 3.63) is 83.9 Å². The molecular formula is C24H22N2O5. The summed E-state index contributed by atoms with van der Waals surface area (Å²) >= 11 is 0. The normalized spacial score (nSPS) is 12.7. The van der Waals surface area contributed by atoms with Gasteiger partial charge >= 0.3 is 0 Å². The fraction of sp³-hybridized carbons (Fsp3) is 0.167. The van der Waals surface area contributed by atoms with E-state index in [-0.39, 0.29) is 18.6 Å². The third kappa shape index (κ3) is 5.14. The number of amides is 2. The molecule has 0 aliphatic carbocycles. The molecule has 31 heavy (non-hydrogen) atoms. The molecule has 158 valence electrons. The van der Waals surface area contributed by atoms with Crippen molar-refractivity contribution >= 4 is 17.5 Å². The molecule has 0 fully saturated rings. The van der Waals surface area contributed by atoms with Crippen molar-refractivity contribution in [1.82, 2.24) is 5.32 Å². The van der Waals surface area contributed by atoms with Gasteiger partial charge in [-0.3, -0.25) is 9.59 Å². The third-order valence-electron chi connectivity index (χ3n) is 4.72. The second-order valence-electron chi connectivity index (χ2n) is 7.05. The van der Waals surface area contributed by atoms with Crippen LogP contribution in [0.5, 0.6) is 17.2 Å². The van der Waals surface area contributed by atoms with Crippen LogP contribution in [0.3, 0.4) is 0 Å². The van der Waals surface area contributed by atoms with Crippen molar-refractivity contribution in [3.63, 3.8) is 0 Å². The van der Waals surface area contributed by atoms with E-state index >= 15 is 0 Å². The maximum atomic E-state index is 12.5. The molecule has 7 heteroatoms. The lowest BCUT2D eigenvalue weighted by Crippen LogP contribution is -2.41. The fourth-order valence-corrected chi connectivity index (χ4v) is 3.06. The van der Waals surface area contributed by atoms with Gasteiger partial charge in [0, 0.05) is 17.3 Å². The Kier molecular flexibility index (Phi) is 6.03. The second kappa shape index (κ2) is 9.21. The van der Waals surface area contributed by atoms with E-state index in [1.807, 2.05) is 30.3 Å². The number of benzene rings is 3. The molecule has 2 amide bonds. The van der Waals surface area contributed by atoms with E-state index in [9.17, 15) is 9.59 Å². The first-order valence-electron chi connectivity index (χ1n) is 9.86. The van der Waals surface area contributed by atoms with E-state index in [0.717, 1.165) is 5.56 Å². The average molecular weight is 418 g/mol. The molecule has 1 aliphatic rings. The number of hydrogen-bond donors (Lipinski definition) is 2. The molecule has 0 saturated carbocycles. The molecule has 4 rings (SSSR count). The molecule has 0 spiro atoms. The van der Waals surface area contributed by atoms with Gasteiger partial charge in [0.15, 0.2) is 11.5 Å². The van der Waals surface area contributed by atoms with Gasteiger partial charge < -0.3 is 24.8 Å². The Labute approximate surface area is 179 Å². The first kappa shape index (κ1) is 20.3. The van der Waals surface area contributed by atoms with E-state index in [1.165, 1.54) is 0 Å². The molecule has 1 unspecified atom stereocenters. The minimum Gasteiger partial charge on any atom is -0.489 e. The Bertz CT molecular complexity index is 1080. The monoisotopic (exact) mass is 418 g/mol. The second-order valence-corrected chi connectivity index (χ2v) is 7.05. The Morgan fingerprint density at radius 3 is 2.61 bits per heavy atom. The molecular weight excluding hydrogens is 396 g/mol. The minimum atomic E-state index is -0.693. The van der Waals surface area contributed by atoms with E-state index in [0.29, 0.717) is 35.1 Å². The molecule has 0 radical (unpaired) electrons. The summed E-state index contributed by atoms with van der Waals surface area (Å²) in [5.74, 6) is 1.42. The van der Waals surface area contributed by atoms with Gasteiger partial charge in [0.2, 0.25) is 12.7 Å². The lowest BCUT2D eigenvalue weighted by Gasteiger charge is -2.15. The average Bonchev–Trinajstić information content (AvgIpc) is 3.26. The van der Waals surface area contributed by atoms with Gasteiger partial charge in [-0.05, 0) is 48.9 Å². The Balaban J connectivity index is 1.32. The molecule has 0 bridgehead atoms. The van der Waals surface area contributed by atoms with Crippen LogP contribution >= 0.6 is 0 Å². The molecule has 2 N–H and O–H groups in total. The van der Waals surface area contributed by atoms with Gasteiger partial charge in [-0.25, -0.2) is 0 Å². The van der Waals surface area contributed by atoms with Crippen molar-refractivity contribution in [3.8, 4) is 17.2 Å². The predicted octanol–water partition coefficient (Wildman–Crippen LogP) is 3.75. The Morgan fingerprint density at radius 2 is 1.77 bits per heavy atom. The van der Waals surface area contributed by atoms with Gasteiger partial charge in [0.05, 0.1) is 0 Å². The number of rotatable bonds is 7. The first-order chi connectivity index (χ1) is 15.1. The maximum Gasteiger partial charge on any atom is 0.251 e. The number of nitrogens with one attached hydrogen (secondary N) is 2. The predicted molar refractivity (Wildman–Crippen MR) is 115 cm³/mol. The van der Waals surface area contributed by atoms with Crippen LogP contribution in [0.1, 0.15) is 22.8 Å². The topological polar surface area (TPSA) is 85.9 Å². The quantitative estimate of drug-likeness (QED) is 0.610. The molecule has 1 heterocycles. The van der Waals surface area contributed by atoms with Crippen LogP contribution in [0.15, 0.2) is 72.8 Å². The minimum absolute atomic E-state index is 0.213. The summed E-state index contributed by atoms with van der Waals surface area (Å²) in [6.07, 6.45) is 0. The SMILES string of the molecule is CC(NC(=O)c1ccccc1)C(=O)Nc1cccc(COc2ccc3c(c2)OCO3)c1. The van der Waals surface area contributed by atoms with Gasteiger partial charge in [-0.15, -0.1) is 0 Å². The van der Waals surface area contributed by atoms with Crippen molar-refractivity contribution in [1.29, 1.82) is 0 Å². The fourth-order valence-electron chi connectivity index (χ4n) is 3.06. The number of fused-ring (bicyclic) bond motifs is 1. The largest absolute Gasteiger partial charge is 0.489 e. The highest BCUT2D eigenvalue weighted by atomic mass is 16.7. The Hall–Kier alpha value is -4.00. The molecule has 1 atom stereocenters. The van der Waals surface area contributed by atoms with Crippen LogP contribution in [-0.2, 0) is 11.4 Å². The molecule has 0 saturated heterocycles. The van der Waals surface area contributed by atoms with Gasteiger partial charge in [0.1, 0.15) is 18.4 Å². The van der Waals surface area contributed by atoms with Crippen LogP contribution in [0, 0.1) is 0 Å². The van der Waals surface area contributed by atoms with Crippen molar-refractivity contribution in [2.45, 2.75) is 19.6 Å². The van der Waals surface area contributed by atoms with E-state index in [1.54, 1.807) is 49.4 Å². The summed E-state index contributed by atoms with van der Waals surface area (Å²) in [6, 6.07) is 20.8. The van der Waals surface area contributed by atoms with Crippen LogP contribution < -0.4 is 24.8 Å². The lowest BCUT2D eigenvalue weighted by atomic mass is 10.2. The number of carbonyl (C=O) groups excluding carboxylic acids is 2. The lowest BCUT2D eigenvalue weighted by molar-refractivity contribution is -0.117. The number of anilines is 1. The molecule has 3 aromatic carbocycles. The standard InChI is InChI=1S/C24H22N2O5/c1-16(25-24(28)18-7-3-2-4-8-18)23(27)26-19-9-5-6-17(12-19)14-29-20-10-11-21-22(13-20)31-15-30-21/h2-13,16H,14-15H2,1H3,(H,25,28)(H,26,27). The molecule has 0 aromatic heterocycles. The zero-order chi connectivity index (χ0) is 21.6. The maximum absolute atomic E-state index is 12.5. The zero-order valence-electron chi connectivity index (χ0n) is 17.0. The van der Waals surface area contributed by atoms with Crippen LogP contribution in [0.2, 0.25) is 0 Å². The van der Waals surface area contributed by atoms with Gasteiger partial charge in [0.25, 0.3) is 5.91 Å². The van der Waals surface area contributed by atoms with Gasteiger partial charge in [-0.1, -0.05) is 30.3 Å². The summed E-state index contributed by atoms with van der Waals surface area (Å²) in [7, 11) is 0. The van der Waals surface area contributed by atoms with Crippen molar-refractivity contribution in [2.75, 3.05) is 12.1 Å². The summed E-state index contributed by atoms with van der Waals surface area (Å²) in [5.41, 5.74) is 2.01. The summed E-state index contributed by atoms with van der Waals surface area (Å²) in [5, 5.41) is 5.53. The molecule has 3 aromatic rings. The Morgan fingerprint density at radius 1 is 0.968 bits per heavy atom. The zero-order valence-corrected chi connectivity index (χ0v) is 17.0. The van der Waals surface area contributed by atoms with E-state index < -0.39 is 6.04 Å². The summed E-state index contributed by atoms with van der Waals surface area (Å²) in [6.45, 7) is 2.18.